The highest BCUT2D eigenvalue weighted by Crippen LogP contribution is 2.15. The molecule has 0 bridgehead atoms. The van der Waals surface area contributed by atoms with Gasteiger partial charge in [-0.25, -0.2) is 9.18 Å². The van der Waals surface area contributed by atoms with E-state index in [1.54, 1.807) is 0 Å². The van der Waals surface area contributed by atoms with Crippen LogP contribution in [0.5, 0.6) is 0 Å². The van der Waals surface area contributed by atoms with Gasteiger partial charge in [0, 0.05) is 0 Å². The fraction of sp³-hybridized carbons (Fsp3) is 0.955. The predicted molar refractivity (Wildman–Crippen MR) is 106 cm³/mol. The summed E-state index contributed by atoms with van der Waals surface area (Å²) < 4.78 is 12.8. The third-order valence-electron chi connectivity index (χ3n) is 5.08. The van der Waals surface area contributed by atoms with E-state index in [4.69, 9.17) is 5.11 Å². The average Bonchev–Trinajstić information content (AvgIpc) is 2.60. The molecule has 0 heterocycles. The van der Waals surface area contributed by atoms with Crippen LogP contribution in [0.3, 0.4) is 0 Å². The molecule has 1 N–H and O–H groups in total. The third-order valence-corrected chi connectivity index (χ3v) is 5.08. The van der Waals surface area contributed by atoms with Crippen LogP contribution < -0.4 is 0 Å². The molecule has 25 heavy (non-hydrogen) atoms. The number of carboxylic acid groups (broad SMARTS) is 1. The summed E-state index contributed by atoms with van der Waals surface area (Å²) >= 11 is 0. The maximum atomic E-state index is 12.8. The number of unbranched alkanes of at least 4 members (excludes halogenated alkanes) is 17. The van der Waals surface area contributed by atoms with Crippen LogP contribution in [0.15, 0.2) is 0 Å². The minimum Gasteiger partial charge on any atom is -0.479 e. The van der Waals surface area contributed by atoms with Crippen molar-refractivity contribution in [3.63, 3.8) is 0 Å². The van der Waals surface area contributed by atoms with Crippen LogP contribution >= 0.6 is 0 Å². The van der Waals surface area contributed by atoms with Crippen LogP contribution in [0.25, 0.3) is 0 Å². The Kier molecular flexibility index (Phi) is 19.2. The van der Waals surface area contributed by atoms with Gasteiger partial charge in [0.05, 0.1) is 0 Å². The molecular formula is C22H43FO2. The first-order valence-electron chi connectivity index (χ1n) is 11.0. The maximum absolute atomic E-state index is 12.8. The number of rotatable bonds is 20. The summed E-state index contributed by atoms with van der Waals surface area (Å²) in [7, 11) is 0. The number of halogens is 1. The number of carbonyl (C=O) groups is 1. The van der Waals surface area contributed by atoms with Gasteiger partial charge in [0.25, 0.3) is 0 Å². The summed E-state index contributed by atoms with van der Waals surface area (Å²) in [6.07, 6.45) is 21.9. The van der Waals surface area contributed by atoms with E-state index in [0.29, 0.717) is 6.42 Å². The van der Waals surface area contributed by atoms with E-state index in [1.165, 1.54) is 96.3 Å². The van der Waals surface area contributed by atoms with E-state index in [9.17, 15) is 9.18 Å². The lowest BCUT2D eigenvalue weighted by Gasteiger charge is -2.04. The van der Waals surface area contributed by atoms with Gasteiger partial charge < -0.3 is 5.11 Å². The number of hydrogen-bond donors (Lipinski definition) is 1. The number of aliphatic carboxylic acids is 1. The van der Waals surface area contributed by atoms with E-state index >= 15 is 0 Å². The summed E-state index contributed by atoms with van der Waals surface area (Å²) in [5, 5.41) is 8.45. The molecule has 0 aliphatic heterocycles. The number of alkyl halides is 1. The van der Waals surface area contributed by atoms with Gasteiger partial charge in [-0.3, -0.25) is 0 Å². The average molecular weight is 359 g/mol. The smallest absolute Gasteiger partial charge is 0.338 e. The summed E-state index contributed by atoms with van der Waals surface area (Å²) in [6.45, 7) is 2.27. The van der Waals surface area contributed by atoms with Crippen molar-refractivity contribution in [2.45, 2.75) is 135 Å². The topological polar surface area (TPSA) is 37.3 Å². The van der Waals surface area contributed by atoms with Crippen LogP contribution in [-0.4, -0.2) is 17.2 Å². The van der Waals surface area contributed by atoms with Crippen LogP contribution in [0.4, 0.5) is 4.39 Å². The number of hydrogen-bond acceptors (Lipinski definition) is 1. The molecule has 0 aliphatic carbocycles. The Morgan fingerprint density at radius 1 is 0.640 bits per heavy atom. The van der Waals surface area contributed by atoms with Gasteiger partial charge in [-0.1, -0.05) is 116 Å². The van der Waals surface area contributed by atoms with Crippen molar-refractivity contribution in [1.29, 1.82) is 0 Å². The molecule has 0 amide bonds. The Morgan fingerprint density at radius 3 is 1.20 bits per heavy atom. The zero-order valence-electron chi connectivity index (χ0n) is 16.7. The normalized spacial score (nSPS) is 12.4. The summed E-state index contributed by atoms with van der Waals surface area (Å²) in [6, 6.07) is 0. The molecule has 2 nitrogen and oxygen atoms in total. The van der Waals surface area contributed by atoms with Gasteiger partial charge in [-0.15, -0.1) is 0 Å². The highest BCUT2D eigenvalue weighted by atomic mass is 19.1. The third kappa shape index (κ3) is 19.6. The SMILES string of the molecule is CCCCCCCCCCCCCCCCCCCCC(F)C(=O)O. The van der Waals surface area contributed by atoms with Gasteiger partial charge in [0.2, 0.25) is 0 Å². The van der Waals surface area contributed by atoms with Crippen LogP contribution in [0, 0.1) is 0 Å². The van der Waals surface area contributed by atoms with Crippen molar-refractivity contribution in [2.24, 2.45) is 0 Å². The molecular weight excluding hydrogens is 315 g/mol. The molecule has 0 radical (unpaired) electrons. The van der Waals surface area contributed by atoms with Gasteiger partial charge in [0.1, 0.15) is 0 Å². The Bertz CT molecular complexity index is 281. The molecule has 0 fully saturated rings. The zero-order valence-corrected chi connectivity index (χ0v) is 16.7. The molecule has 0 saturated heterocycles. The highest BCUT2D eigenvalue weighted by Gasteiger charge is 2.13. The molecule has 0 rings (SSSR count). The lowest BCUT2D eigenvalue weighted by atomic mass is 10.0. The minimum atomic E-state index is -1.67. The van der Waals surface area contributed by atoms with Crippen LogP contribution in [0.2, 0.25) is 0 Å². The van der Waals surface area contributed by atoms with Crippen LogP contribution in [0.1, 0.15) is 129 Å². The maximum Gasteiger partial charge on any atom is 0.338 e. The molecule has 1 atom stereocenters. The van der Waals surface area contributed by atoms with Crippen molar-refractivity contribution in [3.05, 3.63) is 0 Å². The second-order valence-corrected chi connectivity index (χ2v) is 7.60. The lowest BCUT2D eigenvalue weighted by Crippen LogP contribution is -2.13. The monoisotopic (exact) mass is 358 g/mol. The summed E-state index contributed by atoms with van der Waals surface area (Å²) in [4.78, 5) is 10.3. The highest BCUT2D eigenvalue weighted by molar-refractivity contribution is 5.71. The van der Waals surface area contributed by atoms with Crippen LogP contribution in [-0.2, 0) is 4.79 Å². The second kappa shape index (κ2) is 19.7. The second-order valence-electron chi connectivity index (χ2n) is 7.60. The molecule has 0 aromatic heterocycles. The van der Waals surface area contributed by atoms with Gasteiger partial charge >= 0.3 is 5.97 Å². The first kappa shape index (κ1) is 24.4. The van der Waals surface area contributed by atoms with E-state index < -0.39 is 12.1 Å². The van der Waals surface area contributed by atoms with Gasteiger partial charge in [-0.05, 0) is 12.8 Å². The van der Waals surface area contributed by atoms with Gasteiger partial charge in [-0.2, -0.15) is 0 Å². The van der Waals surface area contributed by atoms with Crippen molar-refractivity contribution in [3.8, 4) is 0 Å². The molecule has 1 unspecified atom stereocenters. The Balaban J connectivity index is 3.04. The fourth-order valence-corrected chi connectivity index (χ4v) is 3.35. The molecule has 3 heteroatoms. The molecule has 150 valence electrons. The largest absolute Gasteiger partial charge is 0.479 e. The molecule has 0 saturated carbocycles. The number of carboxylic acids is 1. The summed E-state index contributed by atoms with van der Waals surface area (Å²) in [5.74, 6) is -1.31. The predicted octanol–water partition coefficient (Wildman–Crippen LogP) is 7.84. The lowest BCUT2D eigenvalue weighted by molar-refractivity contribution is -0.143. The molecule has 0 spiro atoms. The first-order chi connectivity index (χ1) is 12.2. The van der Waals surface area contributed by atoms with Crippen molar-refractivity contribution >= 4 is 5.97 Å². The fourth-order valence-electron chi connectivity index (χ4n) is 3.35. The Hall–Kier alpha value is -0.600. The summed E-state index contributed by atoms with van der Waals surface area (Å²) in [5.41, 5.74) is 0. The quantitative estimate of drug-likeness (QED) is 0.225. The Morgan fingerprint density at radius 2 is 0.920 bits per heavy atom. The Labute approximate surface area is 156 Å². The van der Waals surface area contributed by atoms with Crippen molar-refractivity contribution in [1.82, 2.24) is 0 Å². The van der Waals surface area contributed by atoms with E-state index in [2.05, 4.69) is 6.92 Å². The van der Waals surface area contributed by atoms with E-state index in [0.717, 1.165) is 12.8 Å². The first-order valence-corrected chi connectivity index (χ1v) is 11.0. The molecule has 0 aliphatic rings. The van der Waals surface area contributed by atoms with Crippen molar-refractivity contribution in [2.75, 3.05) is 0 Å². The zero-order chi connectivity index (χ0) is 18.6. The van der Waals surface area contributed by atoms with Crippen molar-refractivity contribution < 1.29 is 14.3 Å². The van der Waals surface area contributed by atoms with E-state index in [-0.39, 0.29) is 6.42 Å². The molecule has 0 aromatic carbocycles. The van der Waals surface area contributed by atoms with Gasteiger partial charge in [0.15, 0.2) is 6.17 Å². The van der Waals surface area contributed by atoms with E-state index in [1.807, 2.05) is 0 Å². The molecule has 0 aromatic rings. The minimum absolute atomic E-state index is 0.175. The standard InChI is InChI=1S/C22H43FO2/c1-2-3-4-5-6-7-8-9-10-11-12-13-14-15-16-17-18-19-20-21(23)22(24)25/h21H,2-20H2,1H3,(H,24,25).